The Labute approximate surface area is 101 Å². The Morgan fingerprint density at radius 1 is 1.65 bits per heavy atom. The highest BCUT2D eigenvalue weighted by Gasteiger charge is 2.35. The van der Waals surface area contributed by atoms with Gasteiger partial charge in [0.15, 0.2) is 0 Å². The van der Waals surface area contributed by atoms with Crippen LogP contribution >= 0.6 is 0 Å². The molecule has 2 unspecified atom stereocenters. The van der Waals surface area contributed by atoms with Crippen LogP contribution in [0.2, 0.25) is 0 Å². The van der Waals surface area contributed by atoms with E-state index in [1.165, 1.54) is 5.56 Å². The fourth-order valence-corrected chi connectivity index (χ4v) is 2.63. The number of para-hydroxylation sites is 1. The maximum Gasteiger partial charge on any atom is 0.321 e. The highest BCUT2D eigenvalue weighted by atomic mass is 16.4. The lowest BCUT2D eigenvalue weighted by atomic mass is 9.92. The van der Waals surface area contributed by atoms with Gasteiger partial charge in [-0.3, -0.25) is 4.79 Å². The number of likely N-dealkylation sites (N-methyl/N-ethyl adjacent to an activating group) is 1. The lowest BCUT2D eigenvalue weighted by molar-refractivity contribution is -0.139. The number of anilines is 1. The number of carboxylic acid groups (broad SMARTS) is 1. The van der Waals surface area contributed by atoms with E-state index in [0.717, 1.165) is 17.7 Å². The molecule has 0 radical (unpaired) electrons. The Kier molecular flexibility index (Phi) is 3.07. The third kappa shape index (κ3) is 1.89. The summed E-state index contributed by atoms with van der Waals surface area (Å²) in [6.07, 6.45) is 0.947. The number of carboxylic acids is 1. The number of rotatable bonds is 3. The van der Waals surface area contributed by atoms with Gasteiger partial charge in [-0.15, -0.1) is 0 Å². The minimum absolute atomic E-state index is 0.112. The first-order valence-electron chi connectivity index (χ1n) is 5.87. The van der Waals surface area contributed by atoms with Gasteiger partial charge in [-0.2, -0.15) is 0 Å². The van der Waals surface area contributed by atoms with Crippen molar-refractivity contribution in [1.82, 2.24) is 0 Å². The average Bonchev–Trinajstić information content (AvgIpc) is 2.66. The summed E-state index contributed by atoms with van der Waals surface area (Å²) in [6.45, 7) is 2.79. The number of aryl methyl sites for hydroxylation is 1. The van der Waals surface area contributed by atoms with E-state index in [1.54, 1.807) is 0 Å². The number of aliphatic carboxylic acids is 1. The van der Waals surface area contributed by atoms with Crippen LogP contribution in [0.4, 0.5) is 5.69 Å². The molecule has 92 valence electrons. The topological polar surface area (TPSA) is 66.6 Å². The molecule has 1 aliphatic heterocycles. The highest BCUT2D eigenvalue weighted by Crippen LogP contribution is 2.39. The lowest BCUT2D eigenvalue weighted by Crippen LogP contribution is -2.38. The van der Waals surface area contributed by atoms with Gasteiger partial charge in [-0.25, -0.2) is 0 Å². The molecule has 2 atom stereocenters. The first kappa shape index (κ1) is 11.9. The molecule has 1 aromatic carbocycles. The Morgan fingerprint density at radius 3 is 2.94 bits per heavy atom. The van der Waals surface area contributed by atoms with E-state index in [9.17, 15) is 4.79 Å². The minimum Gasteiger partial charge on any atom is -0.480 e. The Morgan fingerprint density at radius 2 is 2.35 bits per heavy atom. The van der Waals surface area contributed by atoms with Crippen LogP contribution in [0.15, 0.2) is 18.2 Å². The zero-order valence-electron chi connectivity index (χ0n) is 10.2. The second kappa shape index (κ2) is 4.37. The average molecular weight is 234 g/mol. The smallest absolute Gasteiger partial charge is 0.321 e. The summed E-state index contributed by atoms with van der Waals surface area (Å²) in [5.74, 6) is -1.04. The van der Waals surface area contributed by atoms with Gasteiger partial charge in [0.1, 0.15) is 6.04 Å². The van der Waals surface area contributed by atoms with Crippen molar-refractivity contribution in [1.29, 1.82) is 0 Å². The molecule has 0 saturated heterocycles. The molecular weight excluding hydrogens is 216 g/mol. The molecule has 0 aliphatic carbocycles. The van der Waals surface area contributed by atoms with Crippen LogP contribution in [0.1, 0.15) is 24.0 Å². The maximum atomic E-state index is 11.0. The second-order valence-corrected chi connectivity index (χ2v) is 4.56. The van der Waals surface area contributed by atoms with E-state index in [4.69, 9.17) is 10.8 Å². The molecule has 1 aliphatic rings. The number of nitrogens with two attached hydrogens (primary N) is 1. The summed E-state index contributed by atoms with van der Waals surface area (Å²) >= 11 is 0. The van der Waals surface area contributed by atoms with Gasteiger partial charge in [0, 0.05) is 25.2 Å². The van der Waals surface area contributed by atoms with Gasteiger partial charge in [-0.05, 0) is 17.5 Å². The lowest BCUT2D eigenvalue weighted by Gasteiger charge is -2.16. The Balaban J connectivity index is 2.44. The van der Waals surface area contributed by atoms with Gasteiger partial charge in [0.25, 0.3) is 0 Å². The van der Waals surface area contributed by atoms with Gasteiger partial charge in [0.2, 0.25) is 0 Å². The molecule has 0 amide bonds. The van der Waals surface area contributed by atoms with Crippen molar-refractivity contribution >= 4 is 11.7 Å². The molecule has 1 aromatic rings. The second-order valence-electron chi connectivity index (χ2n) is 4.56. The van der Waals surface area contributed by atoms with Crippen LogP contribution in [-0.2, 0) is 11.2 Å². The van der Waals surface area contributed by atoms with E-state index < -0.39 is 12.0 Å². The van der Waals surface area contributed by atoms with E-state index >= 15 is 0 Å². The monoisotopic (exact) mass is 234 g/mol. The standard InChI is InChI=1S/C13H18N2O2/c1-3-8-5-4-6-9-10(11(14)13(16)17)7-15(2)12(8)9/h4-6,10-11H,3,7,14H2,1-2H3,(H,16,17). The number of nitrogens with zero attached hydrogens (tertiary/aromatic N) is 1. The molecule has 2 rings (SSSR count). The Bertz CT molecular complexity index is 445. The van der Waals surface area contributed by atoms with Crippen molar-refractivity contribution in [2.75, 3.05) is 18.5 Å². The van der Waals surface area contributed by atoms with Gasteiger partial charge < -0.3 is 15.7 Å². The SMILES string of the molecule is CCc1cccc2c1N(C)CC2C(N)C(=O)O. The van der Waals surface area contributed by atoms with Crippen molar-refractivity contribution in [3.63, 3.8) is 0 Å². The predicted octanol–water partition coefficient (Wildman–Crippen LogP) is 1.19. The number of carbonyl (C=O) groups is 1. The van der Waals surface area contributed by atoms with Crippen LogP contribution in [-0.4, -0.2) is 30.7 Å². The number of hydrogen-bond donors (Lipinski definition) is 2. The number of fused-ring (bicyclic) bond motifs is 1. The van der Waals surface area contributed by atoms with E-state index in [1.807, 2.05) is 19.2 Å². The Hall–Kier alpha value is -1.55. The largest absolute Gasteiger partial charge is 0.480 e. The van der Waals surface area contributed by atoms with Crippen LogP contribution < -0.4 is 10.6 Å². The van der Waals surface area contributed by atoms with Crippen molar-refractivity contribution in [3.05, 3.63) is 29.3 Å². The van der Waals surface area contributed by atoms with E-state index in [-0.39, 0.29) is 5.92 Å². The molecule has 3 N–H and O–H groups in total. The van der Waals surface area contributed by atoms with Gasteiger partial charge in [-0.1, -0.05) is 25.1 Å². The molecule has 1 heterocycles. The fourth-order valence-electron chi connectivity index (χ4n) is 2.63. The summed E-state index contributed by atoms with van der Waals surface area (Å²) in [5.41, 5.74) is 9.25. The molecule has 0 bridgehead atoms. The molecule has 0 fully saturated rings. The first-order chi connectivity index (χ1) is 8.06. The van der Waals surface area contributed by atoms with Gasteiger partial charge >= 0.3 is 5.97 Å². The molecule has 4 heteroatoms. The number of hydrogen-bond acceptors (Lipinski definition) is 3. The van der Waals surface area contributed by atoms with Crippen LogP contribution in [0, 0.1) is 0 Å². The molecule has 0 aromatic heterocycles. The summed E-state index contributed by atoms with van der Waals surface area (Å²) in [5, 5.41) is 9.04. The van der Waals surface area contributed by atoms with Crippen molar-refractivity contribution in [3.8, 4) is 0 Å². The van der Waals surface area contributed by atoms with E-state index in [2.05, 4.69) is 17.9 Å². The molecule has 17 heavy (non-hydrogen) atoms. The molecular formula is C13H18N2O2. The normalized spacial score (nSPS) is 20.2. The third-order valence-corrected chi connectivity index (χ3v) is 3.50. The minimum atomic E-state index is -0.932. The third-order valence-electron chi connectivity index (χ3n) is 3.50. The van der Waals surface area contributed by atoms with Crippen molar-refractivity contribution in [2.24, 2.45) is 5.73 Å². The van der Waals surface area contributed by atoms with E-state index in [0.29, 0.717) is 6.54 Å². The zero-order valence-corrected chi connectivity index (χ0v) is 10.2. The summed E-state index contributed by atoms with van der Waals surface area (Å²) < 4.78 is 0. The molecule has 0 spiro atoms. The summed E-state index contributed by atoms with van der Waals surface area (Å²) in [4.78, 5) is 13.1. The van der Waals surface area contributed by atoms with Crippen LogP contribution in [0.25, 0.3) is 0 Å². The number of benzene rings is 1. The predicted molar refractivity (Wildman–Crippen MR) is 67.4 cm³/mol. The highest BCUT2D eigenvalue weighted by molar-refractivity contribution is 5.77. The van der Waals surface area contributed by atoms with Crippen molar-refractivity contribution < 1.29 is 9.90 Å². The molecule has 4 nitrogen and oxygen atoms in total. The van der Waals surface area contributed by atoms with Crippen LogP contribution in [0.3, 0.4) is 0 Å². The first-order valence-corrected chi connectivity index (χ1v) is 5.87. The van der Waals surface area contributed by atoms with Crippen molar-refractivity contribution in [2.45, 2.75) is 25.3 Å². The quantitative estimate of drug-likeness (QED) is 0.824. The summed E-state index contributed by atoms with van der Waals surface area (Å²) in [6, 6.07) is 5.24. The zero-order chi connectivity index (χ0) is 12.6. The summed E-state index contributed by atoms with van der Waals surface area (Å²) in [7, 11) is 1.99. The van der Waals surface area contributed by atoms with Gasteiger partial charge in [0.05, 0.1) is 0 Å². The van der Waals surface area contributed by atoms with Crippen LogP contribution in [0.5, 0.6) is 0 Å². The fraction of sp³-hybridized carbons (Fsp3) is 0.462. The molecule has 0 saturated carbocycles. The maximum absolute atomic E-state index is 11.0.